The fourth-order valence-corrected chi connectivity index (χ4v) is 3.19. The van der Waals surface area contributed by atoms with Crippen molar-refractivity contribution >= 4 is 38.4 Å². The lowest BCUT2D eigenvalue weighted by molar-refractivity contribution is 1.21. The first-order chi connectivity index (χ1) is 9.95. The Morgan fingerprint density at radius 2 is 1.71 bits per heavy atom. The third-order valence-corrected chi connectivity index (χ3v) is 4.51. The minimum Gasteiger partial charge on any atom is -0.227 e. The minimum atomic E-state index is 0.484. The number of fused-ring (bicyclic) bond motifs is 1. The van der Waals surface area contributed by atoms with Crippen LogP contribution in [-0.2, 0) is 0 Å². The van der Waals surface area contributed by atoms with Gasteiger partial charge >= 0.3 is 0 Å². The van der Waals surface area contributed by atoms with Gasteiger partial charge in [-0.1, -0.05) is 23.7 Å². The first kappa shape index (κ1) is 14.5. The first-order valence-corrected chi connectivity index (χ1v) is 7.84. The van der Waals surface area contributed by atoms with E-state index in [9.17, 15) is 0 Å². The van der Waals surface area contributed by atoms with Gasteiger partial charge in [0.25, 0.3) is 0 Å². The molecular formula is C17H14BrClN2. The van der Waals surface area contributed by atoms with Crippen LogP contribution in [0.1, 0.15) is 16.7 Å². The quantitative estimate of drug-likeness (QED) is 0.524. The number of benzene rings is 2. The van der Waals surface area contributed by atoms with Crippen molar-refractivity contribution in [3.05, 3.63) is 56.6 Å². The molecule has 0 saturated carbocycles. The minimum absolute atomic E-state index is 0.484. The molecule has 21 heavy (non-hydrogen) atoms. The van der Waals surface area contributed by atoms with Gasteiger partial charge in [0.15, 0.2) is 5.82 Å². The smallest absolute Gasteiger partial charge is 0.161 e. The van der Waals surface area contributed by atoms with Gasteiger partial charge in [0, 0.05) is 15.4 Å². The van der Waals surface area contributed by atoms with Gasteiger partial charge in [-0.25, -0.2) is 9.97 Å². The van der Waals surface area contributed by atoms with E-state index in [1.165, 1.54) is 11.1 Å². The largest absolute Gasteiger partial charge is 0.227 e. The van der Waals surface area contributed by atoms with E-state index in [0.29, 0.717) is 11.0 Å². The predicted molar refractivity (Wildman–Crippen MR) is 91.9 cm³/mol. The van der Waals surface area contributed by atoms with Crippen LogP contribution in [0.2, 0.25) is 5.15 Å². The molecule has 0 aliphatic carbocycles. The molecule has 106 valence electrons. The van der Waals surface area contributed by atoms with Crippen molar-refractivity contribution in [1.29, 1.82) is 0 Å². The summed E-state index contributed by atoms with van der Waals surface area (Å²) < 4.78 is 0.937. The zero-order valence-corrected chi connectivity index (χ0v) is 14.4. The molecule has 4 heteroatoms. The van der Waals surface area contributed by atoms with Crippen LogP contribution in [0, 0.1) is 20.8 Å². The lowest BCUT2D eigenvalue weighted by Crippen LogP contribution is -1.94. The molecule has 0 aliphatic rings. The molecule has 0 radical (unpaired) electrons. The summed E-state index contributed by atoms with van der Waals surface area (Å²) in [5, 5.41) is 1.36. The summed E-state index contributed by atoms with van der Waals surface area (Å²) in [6.07, 6.45) is 0. The average Bonchev–Trinajstić information content (AvgIpc) is 2.43. The molecule has 0 N–H and O–H groups in total. The summed E-state index contributed by atoms with van der Waals surface area (Å²) >= 11 is 9.92. The van der Waals surface area contributed by atoms with Crippen LogP contribution < -0.4 is 0 Å². The lowest BCUT2D eigenvalue weighted by Gasteiger charge is -2.08. The van der Waals surface area contributed by atoms with Crippen molar-refractivity contribution in [2.45, 2.75) is 20.8 Å². The Morgan fingerprint density at radius 3 is 2.43 bits per heavy atom. The van der Waals surface area contributed by atoms with E-state index in [1.54, 1.807) is 0 Å². The summed E-state index contributed by atoms with van der Waals surface area (Å²) in [7, 11) is 0. The van der Waals surface area contributed by atoms with E-state index in [1.807, 2.05) is 25.1 Å². The second-order valence-electron chi connectivity index (χ2n) is 5.28. The van der Waals surface area contributed by atoms with E-state index in [-0.39, 0.29) is 0 Å². The number of rotatable bonds is 1. The molecule has 0 saturated heterocycles. The van der Waals surface area contributed by atoms with E-state index >= 15 is 0 Å². The van der Waals surface area contributed by atoms with Crippen LogP contribution in [0.4, 0.5) is 0 Å². The van der Waals surface area contributed by atoms with Crippen LogP contribution in [0.15, 0.2) is 34.8 Å². The Hall–Kier alpha value is -1.45. The normalized spacial score (nSPS) is 11.1. The fraction of sp³-hybridized carbons (Fsp3) is 0.176. The van der Waals surface area contributed by atoms with Gasteiger partial charge in [0.2, 0.25) is 0 Å². The summed E-state index contributed by atoms with van der Waals surface area (Å²) in [4.78, 5) is 9.13. The Kier molecular flexibility index (Phi) is 3.72. The Morgan fingerprint density at radius 1 is 0.952 bits per heavy atom. The van der Waals surface area contributed by atoms with Crippen LogP contribution in [0.25, 0.3) is 22.3 Å². The molecule has 0 atom stereocenters. The Balaban J connectivity index is 2.27. The Labute approximate surface area is 137 Å². The summed E-state index contributed by atoms with van der Waals surface area (Å²) in [6.45, 7) is 6.20. The number of halogens is 2. The first-order valence-electron chi connectivity index (χ1n) is 6.67. The van der Waals surface area contributed by atoms with Crippen molar-refractivity contribution in [1.82, 2.24) is 9.97 Å². The lowest BCUT2D eigenvalue weighted by atomic mass is 10.1. The summed E-state index contributed by atoms with van der Waals surface area (Å²) in [6, 6.07) is 10.2. The van der Waals surface area contributed by atoms with Crippen molar-refractivity contribution in [2.75, 3.05) is 0 Å². The highest BCUT2D eigenvalue weighted by Crippen LogP contribution is 2.31. The number of hydrogen-bond acceptors (Lipinski definition) is 2. The van der Waals surface area contributed by atoms with Crippen LogP contribution in [0.5, 0.6) is 0 Å². The molecule has 2 nitrogen and oxygen atoms in total. The van der Waals surface area contributed by atoms with Crippen molar-refractivity contribution in [2.24, 2.45) is 0 Å². The van der Waals surface area contributed by atoms with Gasteiger partial charge in [0.05, 0.1) is 5.52 Å². The third-order valence-electron chi connectivity index (χ3n) is 3.62. The molecule has 2 aromatic carbocycles. The molecule has 0 aliphatic heterocycles. The Bertz CT molecular complexity index is 859. The second kappa shape index (κ2) is 5.39. The molecule has 0 fully saturated rings. The van der Waals surface area contributed by atoms with Crippen LogP contribution >= 0.6 is 27.5 Å². The topological polar surface area (TPSA) is 25.8 Å². The second-order valence-corrected chi connectivity index (χ2v) is 6.49. The van der Waals surface area contributed by atoms with Gasteiger partial charge in [0.1, 0.15) is 5.15 Å². The maximum atomic E-state index is 6.36. The molecule has 0 spiro atoms. The van der Waals surface area contributed by atoms with Crippen molar-refractivity contribution in [3.63, 3.8) is 0 Å². The third kappa shape index (κ3) is 2.68. The SMILES string of the molecule is Cc1cc(Br)c2nc(-c3ccc(C)c(C)c3)nc(Cl)c2c1. The van der Waals surface area contributed by atoms with Crippen LogP contribution in [-0.4, -0.2) is 9.97 Å². The highest BCUT2D eigenvalue weighted by atomic mass is 79.9. The van der Waals surface area contributed by atoms with Crippen molar-refractivity contribution in [3.8, 4) is 11.4 Å². The molecule has 3 rings (SSSR count). The molecule has 0 unspecified atom stereocenters. The molecule has 1 aromatic heterocycles. The number of aryl methyl sites for hydroxylation is 3. The molecular weight excluding hydrogens is 348 g/mol. The standard InChI is InChI=1S/C17H14BrClN2/c1-9-6-13-15(14(18)7-9)20-17(21-16(13)19)12-5-4-10(2)11(3)8-12/h4-8H,1-3H3. The highest BCUT2D eigenvalue weighted by molar-refractivity contribution is 9.10. The zero-order valence-electron chi connectivity index (χ0n) is 12.0. The van der Waals surface area contributed by atoms with Gasteiger partial charge in [-0.2, -0.15) is 0 Å². The van der Waals surface area contributed by atoms with Gasteiger partial charge in [-0.05, 0) is 71.6 Å². The van der Waals surface area contributed by atoms with E-state index in [2.05, 4.69) is 51.9 Å². The van der Waals surface area contributed by atoms with E-state index in [0.717, 1.165) is 26.5 Å². The molecule has 0 amide bonds. The number of hydrogen-bond donors (Lipinski definition) is 0. The predicted octanol–water partition coefficient (Wildman–Crippen LogP) is 5.64. The summed E-state index contributed by atoms with van der Waals surface area (Å²) in [5.41, 5.74) is 5.42. The molecule has 3 aromatic rings. The number of aromatic nitrogens is 2. The molecule has 1 heterocycles. The maximum absolute atomic E-state index is 6.36. The van der Waals surface area contributed by atoms with Crippen molar-refractivity contribution < 1.29 is 0 Å². The summed E-state index contributed by atoms with van der Waals surface area (Å²) in [5.74, 6) is 0.653. The monoisotopic (exact) mass is 360 g/mol. The zero-order chi connectivity index (χ0) is 15.1. The fourth-order valence-electron chi connectivity index (χ4n) is 2.30. The van der Waals surface area contributed by atoms with Gasteiger partial charge in [-0.15, -0.1) is 0 Å². The number of nitrogens with zero attached hydrogens (tertiary/aromatic N) is 2. The van der Waals surface area contributed by atoms with E-state index < -0.39 is 0 Å². The van der Waals surface area contributed by atoms with Crippen LogP contribution in [0.3, 0.4) is 0 Å². The van der Waals surface area contributed by atoms with E-state index in [4.69, 9.17) is 11.6 Å². The average molecular weight is 362 g/mol. The highest BCUT2D eigenvalue weighted by Gasteiger charge is 2.11. The van der Waals surface area contributed by atoms with Gasteiger partial charge < -0.3 is 0 Å². The van der Waals surface area contributed by atoms with Gasteiger partial charge in [-0.3, -0.25) is 0 Å². The maximum Gasteiger partial charge on any atom is 0.161 e. The molecule has 0 bridgehead atoms.